The van der Waals surface area contributed by atoms with Crippen molar-refractivity contribution in [3.8, 4) is 0 Å². The van der Waals surface area contributed by atoms with Gasteiger partial charge < -0.3 is 0 Å². The maximum atomic E-state index is 12.4. The standard InChI is InChI=1S/C15H12Cl2O/c1-9-3-4-10(2)12(7-9)15(18)13-8-11(16)5-6-14(13)17/h3-8H,1-2H3. The van der Waals surface area contributed by atoms with Gasteiger partial charge in [-0.25, -0.2) is 0 Å². The first kappa shape index (κ1) is 13.1. The second kappa shape index (κ2) is 5.13. The summed E-state index contributed by atoms with van der Waals surface area (Å²) in [5.74, 6) is -0.0938. The van der Waals surface area contributed by atoms with E-state index < -0.39 is 0 Å². The van der Waals surface area contributed by atoms with Gasteiger partial charge >= 0.3 is 0 Å². The number of aryl methyl sites for hydroxylation is 2. The summed E-state index contributed by atoms with van der Waals surface area (Å²) >= 11 is 12.0. The number of hydrogen-bond acceptors (Lipinski definition) is 1. The van der Waals surface area contributed by atoms with E-state index in [1.54, 1.807) is 18.2 Å². The van der Waals surface area contributed by atoms with Crippen LogP contribution in [0, 0.1) is 13.8 Å². The monoisotopic (exact) mass is 278 g/mol. The minimum absolute atomic E-state index is 0.0938. The molecule has 0 spiro atoms. The molecule has 0 saturated carbocycles. The minimum atomic E-state index is -0.0938. The van der Waals surface area contributed by atoms with Crippen LogP contribution in [0.2, 0.25) is 10.0 Å². The first-order valence-corrected chi connectivity index (χ1v) is 6.31. The molecule has 92 valence electrons. The number of carbonyl (C=O) groups is 1. The van der Waals surface area contributed by atoms with Crippen LogP contribution in [-0.2, 0) is 0 Å². The number of carbonyl (C=O) groups excluding carboxylic acids is 1. The third kappa shape index (κ3) is 2.58. The Morgan fingerprint density at radius 2 is 1.67 bits per heavy atom. The molecule has 0 unspecified atom stereocenters. The molecule has 0 N–H and O–H groups in total. The molecule has 2 rings (SSSR count). The van der Waals surface area contributed by atoms with Crippen LogP contribution in [0.1, 0.15) is 27.0 Å². The highest BCUT2D eigenvalue weighted by Crippen LogP contribution is 2.24. The molecule has 0 aliphatic rings. The third-order valence-corrected chi connectivity index (χ3v) is 3.38. The van der Waals surface area contributed by atoms with E-state index in [4.69, 9.17) is 23.2 Å². The van der Waals surface area contributed by atoms with Gasteiger partial charge in [0.1, 0.15) is 0 Å². The van der Waals surface area contributed by atoms with E-state index in [0.29, 0.717) is 21.2 Å². The quantitative estimate of drug-likeness (QED) is 0.719. The van der Waals surface area contributed by atoms with Crippen LogP contribution in [0.3, 0.4) is 0 Å². The Morgan fingerprint density at radius 3 is 2.39 bits per heavy atom. The molecule has 0 aliphatic carbocycles. The van der Waals surface area contributed by atoms with E-state index >= 15 is 0 Å². The van der Waals surface area contributed by atoms with Crippen LogP contribution in [0.4, 0.5) is 0 Å². The Hall–Kier alpha value is -1.31. The molecule has 0 fully saturated rings. The Labute approximate surface area is 116 Å². The summed E-state index contributed by atoms with van der Waals surface area (Å²) in [5.41, 5.74) is 3.08. The molecule has 0 aliphatic heterocycles. The number of hydrogen-bond donors (Lipinski definition) is 0. The van der Waals surface area contributed by atoms with Crippen molar-refractivity contribution in [3.63, 3.8) is 0 Å². The third-order valence-electron chi connectivity index (χ3n) is 2.81. The minimum Gasteiger partial charge on any atom is -0.289 e. The summed E-state index contributed by atoms with van der Waals surface area (Å²) in [6.07, 6.45) is 0. The van der Waals surface area contributed by atoms with Crippen molar-refractivity contribution < 1.29 is 4.79 Å². The fourth-order valence-corrected chi connectivity index (χ4v) is 2.17. The van der Waals surface area contributed by atoms with Crippen molar-refractivity contribution in [1.82, 2.24) is 0 Å². The van der Waals surface area contributed by atoms with Gasteiger partial charge in [-0.1, -0.05) is 40.9 Å². The Kier molecular flexibility index (Phi) is 3.74. The first-order chi connectivity index (χ1) is 8.49. The van der Waals surface area contributed by atoms with E-state index in [9.17, 15) is 4.79 Å². The van der Waals surface area contributed by atoms with Crippen molar-refractivity contribution in [2.24, 2.45) is 0 Å². The highest BCUT2D eigenvalue weighted by atomic mass is 35.5. The second-order valence-corrected chi connectivity index (χ2v) is 5.12. The SMILES string of the molecule is Cc1ccc(C)c(C(=O)c2cc(Cl)ccc2Cl)c1. The van der Waals surface area contributed by atoms with Crippen molar-refractivity contribution >= 4 is 29.0 Å². The van der Waals surface area contributed by atoms with Gasteiger partial charge in [0.25, 0.3) is 0 Å². The fourth-order valence-electron chi connectivity index (χ4n) is 1.80. The van der Waals surface area contributed by atoms with Gasteiger partial charge in [-0.2, -0.15) is 0 Å². The smallest absolute Gasteiger partial charge is 0.194 e. The summed E-state index contributed by atoms with van der Waals surface area (Å²) in [4.78, 5) is 12.4. The average Bonchev–Trinajstić information content (AvgIpc) is 2.34. The van der Waals surface area contributed by atoms with E-state index in [2.05, 4.69) is 0 Å². The largest absolute Gasteiger partial charge is 0.289 e. The van der Waals surface area contributed by atoms with Crippen LogP contribution in [0.25, 0.3) is 0 Å². The number of rotatable bonds is 2. The lowest BCUT2D eigenvalue weighted by Crippen LogP contribution is -2.05. The van der Waals surface area contributed by atoms with Crippen molar-refractivity contribution in [3.05, 3.63) is 68.7 Å². The second-order valence-electron chi connectivity index (χ2n) is 4.27. The lowest BCUT2D eigenvalue weighted by molar-refractivity contribution is 0.103. The predicted octanol–water partition coefficient (Wildman–Crippen LogP) is 4.84. The maximum Gasteiger partial charge on any atom is 0.194 e. The van der Waals surface area contributed by atoms with Gasteiger partial charge in [0, 0.05) is 16.1 Å². The molecule has 2 aromatic rings. The topological polar surface area (TPSA) is 17.1 Å². The lowest BCUT2D eigenvalue weighted by Gasteiger charge is -2.08. The molecule has 0 heterocycles. The summed E-state index contributed by atoms with van der Waals surface area (Å²) in [6.45, 7) is 3.86. The van der Waals surface area contributed by atoms with Crippen LogP contribution in [0.15, 0.2) is 36.4 Å². The average molecular weight is 279 g/mol. The molecule has 18 heavy (non-hydrogen) atoms. The molecule has 0 radical (unpaired) electrons. The normalized spacial score (nSPS) is 10.4. The molecule has 0 aromatic heterocycles. The molecular weight excluding hydrogens is 267 g/mol. The number of benzene rings is 2. The fraction of sp³-hybridized carbons (Fsp3) is 0.133. The molecule has 0 amide bonds. The lowest BCUT2D eigenvalue weighted by atomic mass is 9.97. The number of halogens is 2. The summed E-state index contributed by atoms with van der Waals surface area (Å²) in [6, 6.07) is 10.7. The van der Waals surface area contributed by atoms with E-state index in [0.717, 1.165) is 11.1 Å². The molecule has 0 saturated heterocycles. The van der Waals surface area contributed by atoms with Gasteiger partial charge in [0.15, 0.2) is 5.78 Å². The molecule has 1 nitrogen and oxygen atoms in total. The van der Waals surface area contributed by atoms with Crippen LogP contribution in [0.5, 0.6) is 0 Å². The van der Waals surface area contributed by atoms with Gasteiger partial charge in [0.2, 0.25) is 0 Å². The predicted molar refractivity (Wildman–Crippen MR) is 75.8 cm³/mol. The zero-order chi connectivity index (χ0) is 13.3. The highest BCUT2D eigenvalue weighted by molar-refractivity contribution is 6.36. The molecule has 3 heteroatoms. The van der Waals surface area contributed by atoms with E-state index in [1.165, 1.54) is 0 Å². The zero-order valence-electron chi connectivity index (χ0n) is 10.1. The highest BCUT2D eigenvalue weighted by Gasteiger charge is 2.15. The summed E-state index contributed by atoms with van der Waals surface area (Å²) < 4.78 is 0. The zero-order valence-corrected chi connectivity index (χ0v) is 11.6. The van der Waals surface area contributed by atoms with Crippen molar-refractivity contribution in [1.29, 1.82) is 0 Å². The van der Waals surface area contributed by atoms with Gasteiger partial charge in [0.05, 0.1) is 5.02 Å². The number of ketones is 1. The summed E-state index contributed by atoms with van der Waals surface area (Å²) in [7, 11) is 0. The van der Waals surface area contributed by atoms with Crippen LogP contribution >= 0.6 is 23.2 Å². The Bertz CT molecular complexity index is 564. The van der Waals surface area contributed by atoms with E-state index in [1.807, 2.05) is 32.0 Å². The maximum absolute atomic E-state index is 12.4. The molecule has 2 aromatic carbocycles. The Morgan fingerprint density at radius 1 is 0.944 bits per heavy atom. The van der Waals surface area contributed by atoms with Crippen LogP contribution < -0.4 is 0 Å². The molecule has 0 bridgehead atoms. The van der Waals surface area contributed by atoms with E-state index in [-0.39, 0.29) is 5.78 Å². The van der Waals surface area contributed by atoms with Gasteiger partial charge in [-0.3, -0.25) is 4.79 Å². The molecular formula is C15H12Cl2O. The van der Waals surface area contributed by atoms with Crippen LogP contribution in [-0.4, -0.2) is 5.78 Å². The summed E-state index contributed by atoms with van der Waals surface area (Å²) in [5, 5.41) is 0.929. The first-order valence-electron chi connectivity index (χ1n) is 5.56. The van der Waals surface area contributed by atoms with Gasteiger partial charge in [-0.05, 0) is 43.7 Å². The van der Waals surface area contributed by atoms with Crippen molar-refractivity contribution in [2.45, 2.75) is 13.8 Å². The van der Waals surface area contributed by atoms with Gasteiger partial charge in [-0.15, -0.1) is 0 Å². The Balaban J connectivity index is 2.54. The molecule has 0 atom stereocenters. The van der Waals surface area contributed by atoms with Crippen molar-refractivity contribution in [2.75, 3.05) is 0 Å².